The lowest BCUT2D eigenvalue weighted by atomic mass is 10.2. The topological polar surface area (TPSA) is 69.6 Å². The molecule has 0 aliphatic heterocycles. The van der Waals surface area contributed by atoms with Crippen LogP contribution in [0.1, 0.15) is 15.9 Å². The van der Waals surface area contributed by atoms with Crippen LogP contribution in [0.15, 0.2) is 53.8 Å². The van der Waals surface area contributed by atoms with Crippen molar-refractivity contribution in [3.8, 4) is 0 Å². The van der Waals surface area contributed by atoms with Crippen molar-refractivity contribution in [3.63, 3.8) is 0 Å². The Morgan fingerprint density at radius 1 is 1.24 bits per heavy atom. The number of hydrogen-bond acceptors (Lipinski definition) is 3. The molecular formula is C18H22FN5O. The van der Waals surface area contributed by atoms with Gasteiger partial charge in [-0.25, -0.2) is 4.39 Å². The zero-order chi connectivity index (χ0) is 18.1. The summed E-state index contributed by atoms with van der Waals surface area (Å²) in [7, 11) is 3.55. The highest BCUT2D eigenvalue weighted by Gasteiger charge is 2.08. The first-order valence-electron chi connectivity index (χ1n) is 7.94. The van der Waals surface area contributed by atoms with Crippen LogP contribution in [-0.2, 0) is 6.54 Å². The first kappa shape index (κ1) is 18.4. The lowest BCUT2D eigenvalue weighted by Crippen LogP contribution is -2.42. The Hall–Kier alpha value is -2.96. The molecule has 1 aromatic carbocycles. The third kappa shape index (κ3) is 5.87. The van der Waals surface area contributed by atoms with Gasteiger partial charge in [-0.15, -0.1) is 0 Å². The highest BCUT2D eigenvalue weighted by atomic mass is 19.1. The third-order valence-corrected chi connectivity index (χ3v) is 3.50. The van der Waals surface area contributed by atoms with E-state index in [-0.39, 0.29) is 11.7 Å². The van der Waals surface area contributed by atoms with Crippen molar-refractivity contribution in [1.82, 2.24) is 20.5 Å². The van der Waals surface area contributed by atoms with Gasteiger partial charge in [-0.05, 0) is 29.8 Å². The molecule has 0 bridgehead atoms. The largest absolute Gasteiger partial charge is 0.354 e. The summed E-state index contributed by atoms with van der Waals surface area (Å²) >= 11 is 0. The number of nitrogens with zero attached hydrogens (tertiary/aromatic N) is 3. The number of benzene rings is 1. The maximum atomic E-state index is 13.3. The zero-order valence-electron chi connectivity index (χ0n) is 14.4. The van der Waals surface area contributed by atoms with E-state index in [0.29, 0.717) is 31.2 Å². The number of hydrogen-bond donors (Lipinski definition) is 2. The Morgan fingerprint density at radius 2 is 2.04 bits per heavy atom. The first-order chi connectivity index (χ1) is 12.1. The van der Waals surface area contributed by atoms with E-state index in [1.165, 1.54) is 18.3 Å². The monoisotopic (exact) mass is 343 g/mol. The molecule has 0 aliphatic rings. The Kier molecular flexibility index (Phi) is 6.88. The highest BCUT2D eigenvalue weighted by Crippen LogP contribution is 2.06. The maximum Gasteiger partial charge on any atom is 0.252 e. The van der Waals surface area contributed by atoms with Crippen molar-refractivity contribution in [1.29, 1.82) is 0 Å². The fraction of sp³-hybridized carbons (Fsp3) is 0.278. The van der Waals surface area contributed by atoms with Crippen molar-refractivity contribution in [3.05, 3.63) is 65.7 Å². The molecule has 132 valence electrons. The second-order valence-electron chi connectivity index (χ2n) is 5.46. The van der Waals surface area contributed by atoms with Gasteiger partial charge in [0.2, 0.25) is 0 Å². The fourth-order valence-corrected chi connectivity index (χ4v) is 2.32. The molecule has 1 aromatic heterocycles. The van der Waals surface area contributed by atoms with E-state index in [1.807, 2.05) is 18.0 Å². The molecule has 0 saturated heterocycles. The minimum atomic E-state index is -0.257. The molecule has 0 spiro atoms. The molecule has 2 N–H and O–H groups in total. The van der Waals surface area contributed by atoms with Gasteiger partial charge in [0.05, 0.1) is 5.56 Å². The summed E-state index contributed by atoms with van der Waals surface area (Å²) in [5.41, 5.74) is 1.38. The Balaban J connectivity index is 1.77. The van der Waals surface area contributed by atoms with E-state index in [1.54, 1.807) is 31.4 Å². The van der Waals surface area contributed by atoms with E-state index in [0.717, 1.165) is 5.56 Å². The minimum absolute atomic E-state index is 0.169. The van der Waals surface area contributed by atoms with Gasteiger partial charge in [0.15, 0.2) is 5.96 Å². The number of rotatable bonds is 6. The average molecular weight is 343 g/mol. The number of pyridine rings is 1. The normalized spacial score (nSPS) is 11.1. The summed E-state index contributed by atoms with van der Waals surface area (Å²) in [5.74, 6) is 0.241. The summed E-state index contributed by atoms with van der Waals surface area (Å²) in [6, 6.07) is 9.89. The van der Waals surface area contributed by atoms with E-state index in [4.69, 9.17) is 0 Å². The number of carbonyl (C=O) groups excluding carboxylic acids is 1. The third-order valence-electron chi connectivity index (χ3n) is 3.50. The lowest BCUT2D eigenvalue weighted by molar-refractivity contribution is 0.0954. The Labute approximate surface area is 146 Å². The van der Waals surface area contributed by atoms with E-state index in [2.05, 4.69) is 20.6 Å². The number of carbonyl (C=O) groups is 1. The molecule has 1 amide bonds. The van der Waals surface area contributed by atoms with Crippen LogP contribution in [0.3, 0.4) is 0 Å². The van der Waals surface area contributed by atoms with E-state index in [9.17, 15) is 9.18 Å². The molecule has 6 nitrogen and oxygen atoms in total. The van der Waals surface area contributed by atoms with Gasteiger partial charge in [0.1, 0.15) is 5.82 Å². The van der Waals surface area contributed by atoms with Crippen LogP contribution in [0.2, 0.25) is 0 Å². The van der Waals surface area contributed by atoms with Crippen LogP contribution < -0.4 is 10.6 Å². The smallest absolute Gasteiger partial charge is 0.252 e. The molecule has 0 aliphatic carbocycles. The van der Waals surface area contributed by atoms with Gasteiger partial charge in [0.25, 0.3) is 5.91 Å². The van der Waals surface area contributed by atoms with Crippen LogP contribution in [0.5, 0.6) is 0 Å². The lowest BCUT2D eigenvalue weighted by Gasteiger charge is -2.22. The molecule has 25 heavy (non-hydrogen) atoms. The molecule has 0 unspecified atom stereocenters. The number of amides is 1. The second-order valence-corrected chi connectivity index (χ2v) is 5.46. The van der Waals surface area contributed by atoms with Crippen molar-refractivity contribution >= 4 is 11.9 Å². The first-order valence-corrected chi connectivity index (χ1v) is 7.94. The summed E-state index contributed by atoms with van der Waals surface area (Å²) < 4.78 is 13.3. The molecule has 1 heterocycles. The molecule has 0 radical (unpaired) electrons. The second kappa shape index (κ2) is 9.36. The van der Waals surface area contributed by atoms with Crippen molar-refractivity contribution in [2.45, 2.75) is 6.54 Å². The summed E-state index contributed by atoms with van der Waals surface area (Å²) in [4.78, 5) is 21.9. The van der Waals surface area contributed by atoms with Crippen LogP contribution in [-0.4, -0.2) is 48.9 Å². The molecular weight excluding hydrogens is 321 g/mol. The fourth-order valence-electron chi connectivity index (χ4n) is 2.32. The summed E-state index contributed by atoms with van der Waals surface area (Å²) in [5, 5.41) is 5.97. The SMILES string of the molecule is CN=C(NCCNC(=O)c1cccnc1)N(C)Cc1cccc(F)c1. The zero-order valence-corrected chi connectivity index (χ0v) is 14.4. The van der Waals surface area contributed by atoms with Crippen LogP contribution in [0.25, 0.3) is 0 Å². The van der Waals surface area contributed by atoms with Crippen molar-refractivity contribution < 1.29 is 9.18 Å². The van der Waals surface area contributed by atoms with Gasteiger partial charge < -0.3 is 15.5 Å². The molecule has 0 saturated carbocycles. The maximum absolute atomic E-state index is 13.3. The quantitative estimate of drug-likeness (QED) is 0.475. The number of guanidine groups is 1. The average Bonchev–Trinajstić information content (AvgIpc) is 2.62. The highest BCUT2D eigenvalue weighted by molar-refractivity contribution is 5.93. The van der Waals surface area contributed by atoms with Crippen molar-refractivity contribution in [2.75, 3.05) is 27.2 Å². The van der Waals surface area contributed by atoms with Gasteiger partial charge in [0, 0.05) is 46.1 Å². The molecule has 2 aromatic rings. The predicted molar refractivity (Wildman–Crippen MR) is 95.8 cm³/mol. The summed E-state index contributed by atoms with van der Waals surface area (Å²) in [6.07, 6.45) is 3.14. The molecule has 0 atom stereocenters. The number of aliphatic imine (C=N–C) groups is 1. The van der Waals surface area contributed by atoms with Crippen LogP contribution >= 0.6 is 0 Å². The summed E-state index contributed by atoms with van der Waals surface area (Å²) in [6.45, 7) is 1.49. The standard InChI is InChI=1S/C18H22FN5O/c1-20-18(24(2)13-14-5-3-7-16(19)11-14)23-10-9-22-17(25)15-6-4-8-21-12-15/h3-8,11-12H,9-10,13H2,1-2H3,(H,20,23)(H,22,25). The number of halogens is 1. The van der Waals surface area contributed by atoms with E-state index >= 15 is 0 Å². The van der Waals surface area contributed by atoms with Crippen LogP contribution in [0, 0.1) is 5.82 Å². The van der Waals surface area contributed by atoms with E-state index < -0.39 is 0 Å². The molecule has 7 heteroatoms. The Bertz CT molecular complexity index is 720. The van der Waals surface area contributed by atoms with Gasteiger partial charge in [-0.3, -0.25) is 14.8 Å². The van der Waals surface area contributed by atoms with Crippen molar-refractivity contribution in [2.24, 2.45) is 4.99 Å². The van der Waals surface area contributed by atoms with Crippen LogP contribution in [0.4, 0.5) is 4.39 Å². The predicted octanol–water partition coefficient (Wildman–Crippen LogP) is 1.66. The number of nitrogens with one attached hydrogen (secondary N) is 2. The van der Waals surface area contributed by atoms with Gasteiger partial charge in [-0.2, -0.15) is 0 Å². The number of aromatic nitrogens is 1. The van der Waals surface area contributed by atoms with Gasteiger partial charge in [-0.1, -0.05) is 12.1 Å². The minimum Gasteiger partial charge on any atom is -0.354 e. The van der Waals surface area contributed by atoms with Gasteiger partial charge >= 0.3 is 0 Å². The molecule has 2 rings (SSSR count). The Morgan fingerprint density at radius 3 is 2.72 bits per heavy atom. The molecule has 0 fully saturated rings.